The number of carbonyl (C=O) groups excluding carboxylic acids is 1. The van der Waals surface area contributed by atoms with Gasteiger partial charge in [-0.05, 0) is 55.3 Å². The summed E-state index contributed by atoms with van der Waals surface area (Å²) in [6.07, 6.45) is 9.81. The number of hydrogen-bond acceptors (Lipinski definition) is 2. The molecule has 0 spiro atoms. The van der Waals surface area contributed by atoms with Crippen LogP contribution in [0.3, 0.4) is 0 Å². The van der Waals surface area contributed by atoms with Gasteiger partial charge in [-0.2, -0.15) is 5.10 Å². The second-order valence-electron chi connectivity index (χ2n) is 6.16. The minimum atomic E-state index is 0.115. The molecule has 2 aromatic heterocycles. The number of aromatic nitrogens is 3. The fourth-order valence-electron chi connectivity index (χ4n) is 3.37. The maximum atomic E-state index is 12.9. The van der Waals surface area contributed by atoms with Crippen LogP contribution in [0.5, 0.6) is 0 Å². The van der Waals surface area contributed by atoms with Gasteiger partial charge in [0.1, 0.15) is 0 Å². The molecule has 1 amide bonds. The third kappa shape index (κ3) is 2.85. The van der Waals surface area contributed by atoms with Crippen molar-refractivity contribution in [1.82, 2.24) is 19.2 Å². The Morgan fingerprint density at radius 1 is 1.08 bits per heavy atom. The molecule has 1 saturated heterocycles. The van der Waals surface area contributed by atoms with Gasteiger partial charge in [0.05, 0.1) is 12.6 Å². The summed E-state index contributed by atoms with van der Waals surface area (Å²) in [5.74, 6) is 0.115. The van der Waals surface area contributed by atoms with Gasteiger partial charge in [0.15, 0.2) is 0 Å². The number of carbonyl (C=O) groups is 1. The van der Waals surface area contributed by atoms with Gasteiger partial charge in [-0.1, -0.05) is 0 Å². The summed E-state index contributed by atoms with van der Waals surface area (Å²) in [5.41, 5.74) is 1.81. The average molecular weight is 320 g/mol. The second-order valence-corrected chi connectivity index (χ2v) is 6.16. The molecule has 24 heavy (non-hydrogen) atoms. The van der Waals surface area contributed by atoms with Crippen molar-refractivity contribution < 1.29 is 4.79 Å². The van der Waals surface area contributed by atoms with Crippen molar-refractivity contribution in [2.75, 3.05) is 6.54 Å². The van der Waals surface area contributed by atoms with Gasteiger partial charge in [-0.3, -0.25) is 9.48 Å². The van der Waals surface area contributed by atoms with Crippen molar-refractivity contribution in [1.29, 1.82) is 0 Å². The predicted molar refractivity (Wildman–Crippen MR) is 92.1 cm³/mol. The molecule has 0 bridgehead atoms. The van der Waals surface area contributed by atoms with Crippen molar-refractivity contribution in [2.24, 2.45) is 0 Å². The van der Waals surface area contributed by atoms with E-state index in [-0.39, 0.29) is 11.9 Å². The third-order valence-corrected chi connectivity index (χ3v) is 4.61. The van der Waals surface area contributed by atoms with Crippen LogP contribution in [0, 0.1) is 0 Å². The minimum absolute atomic E-state index is 0.115. The van der Waals surface area contributed by atoms with Gasteiger partial charge in [-0.25, -0.2) is 0 Å². The van der Waals surface area contributed by atoms with E-state index >= 15 is 0 Å². The molecule has 5 nitrogen and oxygen atoms in total. The van der Waals surface area contributed by atoms with Crippen LogP contribution < -0.4 is 0 Å². The van der Waals surface area contributed by atoms with E-state index in [1.165, 1.54) is 0 Å². The van der Waals surface area contributed by atoms with Gasteiger partial charge in [0, 0.05) is 42.6 Å². The molecule has 5 heteroatoms. The van der Waals surface area contributed by atoms with E-state index in [9.17, 15) is 4.79 Å². The van der Waals surface area contributed by atoms with Crippen LogP contribution in [0.25, 0.3) is 5.69 Å². The number of amides is 1. The highest BCUT2D eigenvalue weighted by Gasteiger charge is 2.29. The first-order valence-corrected chi connectivity index (χ1v) is 8.33. The van der Waals surface area contributed by atoms with E-state index in [1.807, 2.05) is 75.2 Å². The Labute approximate surface area is 141 Å². The number of benzene rings is 1. The molecule has 0 aliphatic carbocycles. The molecule has 0 saturated carbocycles. The SMILES string of the molecule is O=C(c1ccc(-n2cccc2)cc1)N1CCC[C@@H]1Cn1cccn1. The van der Waals surface area contributed by atoms with Crippen LogP contribution >= 0.6 is 0 Å². The lowest BCUT2D eigenvalue weighted by Crippen LogP contribution is -2.38. The molecule has 3 heterocycles. The van der Waals surface area contributed by atoms with E-state index in [0.29, 0.717) is 0 Å². The lowest BCUT2D eigenvalue weighted by Gasteiger charge is -2.25. The van der Waals surface area contributed by atoms with Crippen molar-refractivity contribution in [2.45, 2.75) is 25.4 Å². The largest absolute Gasteiger partial charge is 0.334 e. The molecule has 4 rings (SSSR count). The van der Waals surface area contributed by atoms with Crippen molar-refractivity contribution in [3.8, 4) is 5.69 Å². The number of hydrogen-bond donors (Lipinski definition) is 0. The van der Waals surface area contributed by atoms with Crippen LogP contribution in [-0.4, -0.2) is 37.7 Å². The third-order valence-electron chi connectivity index (χ3n) is 4.61. The number of rotatable bonds is 4. The van der Waals surface area contributed by atoms with Crippen molar-refractivity contribution in [3.05, 3.63) is 72.8 Å². The highest BCUT2D eigenvalue weighted by Crippen LogP contribution is 2.22. The Bertz CT molecular complexity index is 791. The van der Waals surface area contributed by atoms with Gasteiger partial charge in [0.2, 0.25) is 0 Å². The quantitative estimate of drug-likeness (QED) is 0.742. The van der Waals surface area contributed by atoms with Crippen LogP contribution in [-0.2, 0) is 6.54 Å². The van der Waals surface area contributed by atoms with Crippen LogP contribution in [0.4, 0.5) is 0 Å². The average Bonchev–Trinajstić information content (AvgIpc) is 3.37. The number of likely N-dealkylation sites (tertiary alicyclic amines) is 1. The summed E-state index contributed by atoms with van der Waals surface area (Å²) in [6, 6.07) is 13.9. The van der Waals surface area contributed by atoms with Crippen LogP contribution in [0.2, 0.25) is 0 Å². The predicted octanol–water partition coefficient (Wildman–Crippen LogP) is 2.98. The molecule has 1 aliphatic heterocycles. The zero-order valence-corrected chi connectivity index (χ0v) is 13.5. The summed E-state index contributed by atoms with van der Waals surface area (Å²) in [6.45, 7) is 1.59. The summed E-state index contributed by atoms with van der Waals surface area (Å²) in [5, 5.41) is 4.26. The summed E-state index contributed by atoms with van der Waals surface area (Å²) in [7, 11) is 0. The Hall–Kier alpha value is -2.82. The Morgan fingerprint density at radius 3 is 2.58 bits per heavy atom. The van der Waals surface area contributed by atoms with Crippen LogP contribution in [0.15, 0.2) is 67.3 Å². The highest BCUT2D eigenvalue weighted by atomic mass is 16.2. The summed E-state index contributed by atoms with van der Waals surface area (Å²) in [4.78, 5) is 14.9. The molecule has 1 aromatic carbocycles. The molecule has 3 aromatic rings. The van der Waals surface area contributed by atoms with E-state index in [4.69, 9.17) is 0 Å². The van der Waals surface area contributed by atoms with E-state index in [2.05, 4.69) is 5.10 Å². The van der Waals surface area contributed by atoms with Crippen molar-refractivity contribution >= 4 is 5.91 Å². The Balaban J connectivity index is 1.50. The first kappa shape index (κ1) is 14.8. The lowest BCUT2D eigenvalue weighted by molar-refractivity contribution is 0.0721. The molecule has 122 valence electrons. The topological polar surface area (TPSA) is 43.1 Å². The smallest absolute Gasteiger partial charge is 0.254 e. The maximum absolute atomic E-state index is 12.9. The zero-order valence-electron chi connectivity index (χ0n) is 13.5. The summed E-state index contributed by atoms with van der Waals surface area (Å²) >= 11 is 0. The fraction of sp³-hybridized carbons (Fsp3) is 0.263. The van der Waals surface area contributed by atoms with Crippen LogP contribution in [0.1, 0.15) is 23.2 Å². The Kier molecular flexibility index (Phi) is 3.91. The first-order chi connectivity index (χ1) is 11.8. The molecular weight excluding hydrogens is 300 g/mol. The van der Waals surface area contributed by atoms with Gasteiger partial charge in [-0.15, -0.1) is 0 Å². The van der Waals surface area contributed by atoms with Gasteiger partial charge in [0.25, 0.3) is 5.91 Å². The Morgan fingerprint density at radius 2 is 1.88 bits per heavy atom. The zero-order chi connectivity index (χ0) is 16.4. The molecule has 0 N–H and O–H groups in total. The highest BCUT2D eigenvalue weighted by molar-refractivity contribution is 5.94. The minimum Gasteiger partial charge on any atom is -0.334 e. The fourth-order valence-corrected chi connectivity index (χ4v) is 3.37. The first-order valence-electron chi connectivity index (χ1n) is 8.33. The van der Waals surface area contributed by atoms with E-state index in [0.717, 1.165) is 37.2 Å². The van der Waals surface area contributed by atoms with Crippen molar-refractivity contribution in [3.63, 3.8) is 0 Å². The molecule has 1 atom stereocenters. The number of nitrogens with zero attached hydrogens (tertiary/aromatic N) is 4. The summed E-state index contributed by atoms with van der Waals surface area (Å²) < 4.78 is 3.94. The monoisotopic (exact) mass is 320 g/mol. The van der Waals surface area contributed by atoms with Gasteiger partial charge >= 0.3 is 0 Å². The molecule has 0 unspecified atom stereocenters. The molecule has 1 aliphatic rings. The lowest BCUT2D eigenvalue weighted by atomic mass is 10.1. The second kappa shape index (κ2) is 6.35. The molecular formula is C19H20N4O. The maximum Gasteiger partial charge on any atom is 0.254 e. The normalized spacial score (nSPS) is 17.3. The molecule has 1 fully saturated rings. The van der Waals surface area contributed by atoms with E-state index in [1.54, 1.807) is 6.20 Å². The van der Waals surface area contributed by atoms with Gasteiger partial charge < -0.3 is 9.47 Å². The standard InChI is InChI=1S/C19H20N4O/c24-19(16-6-8-17(9-7-16)21-11-1-2-12-21)23-14-3-5-18(23)15-22-13-4-10-20-22/h1-2,4,6-13,18H,3,5,14-15H2/t18-/m1/s1. The van der Waals surface area contributed by atoms with E-state index < -0.39 is 0 Å². The molecule has 0 radical (unpaired) electrons.